The van der Waals surface area contributed by atoms with E-state index < -0.39 is 18.2 Å². The number of ether oxygens (including phenoxy) is 4. The average Bonchev–Trinajstić information content (AvgIpc) is 2.99. The van der Waals surface area contributed by atoms with Crippen molar-refractivity contribution in [2.75, 3.05) is 7.11 Å². The summed E-state index contributed by atoms with van der Waals surface area (Å²) in [5.74, 6) is -1.26. The standard InChI is InChI=1S/C11H13NO6/c1-11(15-2)17-7-5-3-4(10(14)12-9(3)13)6(16-5)8(7)18-11/h5-8,12-14H,1-2H3/t5-,6-,7-,8-/m1/s1. The summed E-state index contributed by atoms with van der Waals surface area (Å²) in [7, 11) is 1.50. The molecule has 0 aromatic carbocycles. The molecule has 18 heavy (non-hydrogen) atoms. The third-order valence-electron chi connectivity index (χ3n) is 3.89. The average molecular weight is 255 g/mol. The molecule has 0 radical (unpaired) electrons. The Kier molecular flexibility index (Phi) is 1.77. The van der Waals surface area contributed by atoms with Crippen LogP contribution in [-0.4, -0.2) is 40.5 Å². The number of fused-ring (bicyclic) bond motifs is 8. The van der Waals surface area contributed by atoms with Gasteiger partial charge in [0, 0.05) is 14.0 Å². The molecule has 4 heterocycles. The van der Waals surface area contributed by atoms with Crippen LogP contribution >= 0.6 is 0 Å². The molecule has 3 aliphatic heterocycles. The van der Waals surface area contributed by atoms with E-state index in [1.807, 2.05) is 0 Å². The molecule has 7 heteroatoms. The molecule has 7 nitrogen and oxygen atoms in total. The van der Waals surface area contributed by atoms with Crippen LogP contribution in [0.15, 0.2) is 0 Å². The van der Waals surface area contributed by atoms with Crippen LogP contribution in [0.5, 0.6) is 11.8 Å². The van der Waals surface area contributed by atoms with Crippen LogP contribution in [0.2, 0.25) is 0 Å². The van der Waals surface area contributed by atoms with Gasteiger partial charge in [-0.05, 0) is 0 Å². The van der Waals surface area contributed by atoms with Gasteiger partial charge in [0.2, 0.25) is 0 Å². The molecule has 2 fully saturated rings. The van der Waals surface area contributed by atoms with Crippen LogP contribution in [0.1, 0.15) is 30.3 Å². The van der Waals surface area contributed by atoms with E-state index in [-0.39, 0.29) is 24.0 Å². The Balaban J connectivity index is 1.78. The lowest BCUT2D eigenvalue weighted by Gasteiger charge is -2.23. The first-order valence-corrected chi connectivity index (χ1v) is 5.74. The fraction of sp³-hybridized carbons (Fsp3) is 0.636. The van der Waals surface area contributed by atoms with Gasteiger partial charge in [0.15, 0.2) is 11.8 Å². The number of aromatic nitrogens is 1. The number of methoxy groups -OCH3 is 1. The maximum atomic E-state index is 9.76. The van der Waals surface area contributed by atoms with E-state index in [1.165, 1.54) is 7.11 Å². The summed E-state index contributed by atoms with van der Waals surface area (Å²) >= 11 is 0. The van der Waals surface area contributed by atoms with E-state index in [4.69, 9.17) is 18.9 Å². The molecule has 0 unspecified atom stereocenters. The van der Waals surface area contributed by atoms with Crippen LogP contribution in [0.3, 0.4) is 0 Å². The van der Waals surface area contributed by atoms with Gasteiger partial charge < -0.3 is 29.2 Å². The molecule has 2 saturated heterocycles. The van der Waals surface area contributed by atoms with E-state index in [0.717, 1.165) is 0 Å². The third-order valence-corrected chi connectivity index (χ3v) is 3.89. The highest BCUT2D eigenvalue weighted by molar-refractivity contribution is 5.52. The zero-order valence-electron chi connectivity index (χ0n) is 9.84. The van der Waals surface area contributed by atoms with Gasteiger partial charge in [0.05, 0.1) is 11.1 Å². The Morgan fingerprint density at radius 3 is 2.06 bits per heavy atom. The Hall–Kier alpha value is -1.28. The van der Waals surface area contributed by atoms with E-state index in [9.17, 15) is 10.2 Å². The molecule has 0 spiro atoms. The zero-order chi connectivity index (χ0) is 12.7. The predicted octanol–water partition coefficient (Wildman–Crippen LogP) is 0.656. The SMILES string of the molecule is COC1(C)O[C@H]2[C@H](O1)[C@@H]1O[C@@H]2c2c(O)[nH]c(O)c21. The number of hydrogen-bond acceptors (Lipinski definition) is 6. The van der Waals surface area contributed by atoms with Crippen molar-refractivity contribution in [1.29, 1.82) is 0 Å². The summed E-state index contributed by atoms with van der Waals surface area (Å²) < 4.78 is 22.3. The highest BCUT2D eigenvalue weighted by atomic mass is 16.9. The fourth-order valence-electron chi connectivity index (χ4n) is 3.08. The summed E-state index contributed by atoms with van der Waals surface area (Å²) in [6.45, 7) is 1.68. The second kappa shape index (κ2) is 3.00. The van der Waals surface area contributed by atoms with Crippen LogP contribution in [0.4, 0.5) is 0 Å². The lowest BCUT2D eigenvalue weighted by molar-refractivity contribution is -0.331. The van der Waals surface area contributed by atoms with E-state index >= 15 is 0 Å². The number of nitrogens with one attached hydrogen (secondary N) is 1. The Labute approximate surface area is 102 Å². The molecule has 0 amide bonds. The zero-order valence-corrected chi connectivity index (χ0v) is 9.84. The van der Waals surface area contributed by atoms with E-state index in [0.29, 0.717) is 11.1 Å². The molecular weight excluding hydrogens is 242 g/mol. The van der Waals surface area contributed by atoms with Crippen molar-refractivity contribution in [2.24, 2.45) is 0 Å². The van der Waals surface area contributed by atoms with Gasteiger partial charge >= 0.3 is 0 Å². The summed E-state index contributed by atoms with van der Waals surface area (Å²) in [5, 5.41) is 19.5. The molecule has 3 aliphatic rings. The molecule has 4 atom stereocenters. The third kappa shape index (κ3) is 1.04. The molecule has 98 valence electrons. The minimum absolute atomic E-state index is 0.0805. The maximum Gasteiger partial charge on any atom is 0.280 e. The predicted molar refractivity (Wildman–Crippen MR) is 55.8 cm³/mol. The molecule has 1 aromatic heterocycles. The Bertz CT molecular complexity index is 487. The van der Waals surface area contributed by atoms with Gasteiger partial charge in [-0.2, -0.15) is 0 Å². The quantitative estimate of drug-likeness (QED) is 0.682. The summed E-state index contributed by atoms with van der Waals surface area (Å²) in [6.07, 6.45) is -1.56. The largest absolute Gasteiger partial charge is 0.494 e. The summed E-state index contributed by atoms with van der Waals surface area (Å²) in [4.78, 5) is 2.49. The second-order valence-electron chi connectivity index (χ2n) is 4.86. The summed E-state index contributed by atoms with van der Waals surface area (Å²) in [5.41, 5.74) is 1.12. The molecule has 1 aromatic rings. The maximum absolute atomic E-state index is 9.76. The van der Waals surface area contributed by atoms with Gasteiger partial charge in [-0.15, -0.1) is 0 Å². The Morgan fingerprint density at radius 2 is 1.61 bits per heavy atom. The van der Waals surface area contributed by atoms with Gasteiger partial charge in [-0.1, -0.05) is 0 Å². The summed E-state index contributed by atoms with van der Waals surface area (Å²) in [6, 6.07) is 0. The lowest BCUT2D eigenvalue weighted by atomic mass is 9.90. The fourth-order valence-corrected chi connectivity index (χ4v) is 3.08. The second-order valence-corrected chi connectivity index (χ2v) is 4.86. The number of rotatable bonds is 1. The molecule has 2 bridgehead atoms. The highest BCUT2D eigenvalue weighted by Gasteiger charge is 2.64. The monoisotopic (exact) mass is 255 g/mol. The van der Waals surface area contributed by atoms with Crippen molar-refractivity contribution in [1.82, 2.24) is 4.98 Å². The minimum atomic E-state index is -1.10. The van der Waals surface area contributed by atoms with Crippen molar-refractivity contribution in [3.05, 3.63) is 11.1 Å². The van der Waals surface area contributed by atoms with Crippen molar-refractivity contribution < 1.29 is 29.2 Å². The van der Waals surface area contributed by atoms with Crippen molar-refractivity contribution in [2.45, 2.75) is 37.3 Å². The number of H-pyrrole nitrogens is 1. The molecule has 3 N–H and O–H groups in total. The van der Waals surface area contributed by atoms with Crippen LogP contribution < -0.4 is 0 Å². The van der Waals surface area contributed by atoms with Crippen LogP contribution in [-0.2, 0) is 18.9 Å². The van der Waals surface area contributed by atoms with Crippen molar-refractivity contribution >= 4 is 0 Å². The normalized spacial score (nSPS) is 39.0. The molecular formula is C11H13NO6. The van der Waals surface area contributed by atoms with Gasteiger partial charge in [0.1, 0.15) is 24.4 Å². The van der Waals surface area contributed by atoms with Crippen molar-refractivity contribution in [3.8, 4) is 11.8 Å². The number of hydrogen-bond donors (Lipinski definition) is 3. The lowest BCUT2D eigenvalue weighted by Crippen LogP contribution is -2.30. The first-order valence-electron chi connectivity index (χ1n) is 5.74. The molecule has 0 saturated carbocycles. The van der Waals surface area contributed by atoms with Gasteiger partial charge in [-0.25, -0.2) is 0 Å². The molecule has 4 rings (SSSR count). The van der Waals surface area contributed by atoms with E-state index in [1.54, 1.807) is 6.92 Å². The van der Waals surface area contributed by atoms with Crippen molar-refractivity contribution in [3.63, 3.8) is 0 Å². The number of aromatic amines is 1. The minimum Gasteiger partial charge on any atom is -0.494 e. The smallest absolute Gasteiger partial charge is 0.280 e. The van der Waals surface area contributed by atoms with E-state index in [2.05, 4.69) is 4.98 Å². The van der Waals surface area contributed by atoms with Gasteiger partial charge in [-0.3, -0.25) is 4.98 Å². The first-order chi connectivity index (χ1) is 8.54. The van der Waals surface area contributed by atoms with Crippen LogP contribution in [0, 0.1) is 0 Å². The van der Waals surface area contributed by atoms with Crippen LogP contribution in [0.25, 0.3) is 0 Å². The highest BCUT2D eigenvalue weighted by Crippen LogP contribution is 2.61. The first kappa shape index (κ1) is 10.6. The molecule has 0 aliphatic carbocycles. The topological polar surface area (TPSA) is 93.2 Å². The Morgan fingerprint density at radius 1 is 1.11 bits per heavy atom. The number of aromatic hydroxyl groups is 2. The van der Waals surface area contributed by atoms with Gasteiger partial charge in [0.25, 0.3) is 5.97 Å².